The van der Waals surface area contributed by atoms with Crippen molar-refractivity contribution in [2.75, 3.05) is 6.61 Å². The Labute approximate surface area is 85.2 Å². The summed E-state index contributed by atoms with van der Waals surface area (Å²) in [7, 11) is 0. The van der Waals surface area contributed by atoms with Crippen LogP contribution in [0, 0.1) is 0 Å². The van der Waals surface area contributed by atoms with E-state index in [4.69, 9.17) is 30.6 Å². The molecule has 0 radical (unpaired) electrons. The van der Waals surface area contributed by atoms with Gasteiger partial charge in [0.1, 0.15) is 24.4 Å². The summed E-state index contributed by atoms with van der Waals surface area (Å²) in [6.07, 6.45) is -9.72. The minimum atomic E-state index is -2.07. The molecule has 0 aliphatic rings. The summed E-state index contributed by atoms with van der Waals surface area (Å²) in [4.78, 5) is 10.4. The molecule has 90 valence electrons. The zero-order valence-corrected chi connectivity index (χ0v) is 7.76. The van der Waals surface area contributed by atoms with Crippen LogP contribution in [0.1, 0.15) is 0 Å². The number of aliphatic hydroxyl groups is 6. The van der Waals surface area contributed by atoms with Gasteiger partial charge >= 0.3 is 0 Å². The summed E-state index contributed by atoms with van der Waals surface area (Å²) in [6.45, 7) is -0.850. The van der Waals surface area contributed by atoms with Gasteiger partial charge < -0.3 is 36.4 Å². The van der Waals surface area contributed by atoms with Gasteiger partial charge in [-0.2, -0.15) is 0 Å². The zero-order chi connectivity index (χ0) is 12.2. The Morgan fingerprint density at radius 2 is 1.47 bits per heavy atom. The van der Waals surface area contributed by atoms with Crippen molar-refractivity contribution in [3.63, 3.8) is 0 Å². The number of aliphatic hydroxyl groups excluding tert-OH is 6. The number of nitrogens with two attached hydrogens (primary N) is 1. The third kappa shape index (κ3) is 3.70. The number of amides is 1. The van der Waals surface area contributed by atoms with E-state index < -0.39 is 43.0 Å². The Balaban J connectivity index is 4.42. The van der Waals surface area contributed by atoms with Crippen molar-refractivity contribution >= 4 is 5.91 Å². The molecule has 0 aliphatic carbocycles. The van der Waals surface area contributed by atoms with Crippen molar-refractivity contribution in [3.05, 3.63) is 0 Å². The predicted molar refractivity (Wildman–Crippen MR) is 46.3 cm³/mol. The van der Waals surface area contributed by atoms with Gasteiger partial charge in [0.15, 0.2) is 6.10 Å². The molecule has 0 saturated carbocycles. The quantitative estimate of drug-likeness (QED) is 0.238. The molecule has 15 heavy (non-hydrogen) atoms. The second-order valence-electron chi connectivity index (χ2n) is 3.07. The standard InChI is InChI=1S/C7H15NO7/c8-7(15)6(14)5(13)4(12)3(11)2(10)1-9/h2-6,9-14H,1H2,(H2,8,15)/t2-,3-,4+,5+,6+/m1/s1. The number of carbonyl (C=O) groups is 1. The maximum atomic E-state index is 10.4. The van der Waals surface area contributed by atoms with Crippen LogP contribution in [0.4, 0.5) is 0 Å². The van der Waals surface area contributed by atoms with Gasteiger partial charge in [-0.15, -0.1) is 0 Å². The van der Waals surface area contributed by atoms with Crippen LogP contribution >= 0.6 is 0 Å². The molecule has 0 bridgehead atoms. The normalized spacial score (nSPS) is 21.5. The highest BCUT2D eigenvalue weighted by Crippen LogP contribution is 2.08. The van der Waals surface area contributed by atoms with Crippen molar-refractivity contribution in [1.29, 1.82) is 0 Å². The highest BCUT2D eigenvalue weighted by Gasteiger charge is 2.36. The van der Waals surface area contributed by atoms with E-state index in [0.29, 0.717) is 0 Å². The van der Waals surface area contributed by atoms with E-state index in [9.17, 15) is 4.79 Å². The van der Waals surface area contributed by atoms with Crippen LogP contribution in [0.15, 0.2) is 0 Å². The van der Waals surface area contributed by atoms with Crippen molar-refractivity contribution in [1.82, 2.24) is 0 Å². The Morgan fingerprint density at radius 3 is 1.80 bits per heavy atom. The molecule has 0 aliphatic heterocycles. The number of hydrogen-bond acceptors (Lipinski definition) is 7. The van der Waals surface area contributed by atoms with Gasteiger partial charge in [0, 0.05) is 0 Å². The fraction of sp³-hybridized carbons (Fsp3) is 0.857. The average Bonchev–Trinajstić information content (AvgIpc) is 2.23. The first-order valence-corrected chi connectivity index (χ1v) is 4.13. The zero-order valence-electron chi connectivity index (χ0n) is 7.76. The lowest BCUT2D eigenvalue weighted by Gasteiger charge is -2.27. The second-order valence-corrected chi connectivity index (χ2v) is 3.07. The molecular formula is C7H15NO7. The van der Waals surface area contributed by atoms with E-state index in [1.165, 1.54) is 0 Å². The minimum absolute atomic E-state index is 0.850. The predicted octanol–water partition coefficient (Wildman–Crippen LogP) is -4.73. The van der Waals surface area contributed by atoms with Gasteiger partial charge in [0.2, 0.25) is 5.91 Å². The summed E-state index contributed by atoms with van der Waals surface area (Å²) < 4.78 is 0. The smallest absolute Gasteiger partial charge is 0.249 e. The highest BCUT2D eigenvalue weighted by molar-refractivity contribution is 5.79. The van der Waals surface area contributed by atoms with Crippen LogP contribution in [0.2, 0.25) is 0 Å². The summed E-state index contributed by atoms with van der Waals surface area (Å²) in [6, 6.07) is 0. The number of primary amides is 1. The largest absolute Gasteiger partial charge is 0.394 e. The maximum absolute atomic E-state index is 10.4. The van der Waals surface area contributed by atoms with E-state index in [0.717, 1.165) is 0 Å². The molecule has 0 aromatic heterocycles. The van der Waals surface area contributed by atoms with Crippen LogP contribution in [0.5, 0.6) is 0 Å². The summed E-state index contributed by atoms with van der Waals surface area (Å²) in [5, 5.41) is 53.6. The summed E-state index contributed by atoms with van der Waals surface area (Å²) in [5.41, 5.74) is 4.63. The van der Waals surface area contributed by atoms with Crippen LogP contribution in [-0.2, 0) is 4.79 Å². The first kappa shape index (κ1) is 14.2. The molecule has 0 aromatic rings. The Kier molecular flexibility index (Phi) is 5.65. The fourth-order valence-corrected chi connectivity index (χ4v) is 0.893. The van der Waals surface area contributed by atoms with Crippen LogP contribution < -0.4 is 5.73 Å². The highest BCUT2D eigenvalue weighted by atomic mass is 16.4. The van der Waals surface area contributed by atoms with E-state index in [-0.39, 0.29) is 0 Å². The fourth-order valence-electron chi connectivity index (χ4n) is 0.893. The molecule has 0 rings (SSSR count). The van der Waals surface area contributed by atoms with Crippen LogP contribution in [0.3, 0.4) is 0 Å². The minimum Gasteiger partial charge on any atom is -0.394 e. The van der Waals surface area contributed by atoms with Crippen LogP contribution in [-0.4, -0.2) is 73.7 Å². The second kappa shape index (κ2) is 5.95. The van der Waals surface area contributed by atoms with E-state index in [1.54, 1.807) is 0 Å². The Morgan fingerprint density at radius 1 is 1.00 bits per heavy atom. The molecule has 0 heterocycles. The molecule has 8 N–H and O–H groups in total. The molecule has 5 atom stereocenters. The molecule has 0 unspecified atom stereocenters. The lowest BCUT2D eigenvalue weighted by Crippen LogP contribution is -2.53. The monoisotopic (exact) mass is 225 g/mol. The van der Waals surface area contributed by atoms with Crippen molar-refractivity contribution in [2.24, 2.45) is 5.73 Å². The van der Waals surface area contributed by atoms with Crippen molar-refractivity contribution < 1.29 is 35.4 Å². The summed E-state index contributed by atoms with van der Waals surface area (Å²) in [5.74, 6) is -1.28. The molecule has 0 spiro atoms. The summed E-state index contributed by atoms with van der Waals surface area (Å²) >= 11 is 0. The third-order valence-electron chi connectivity index (χ3n) is 1.90. The average molecular weight is 225 g/mol. The molecule has 1 amide bonds. The van der Waals surface area contributed by atoms with E-state index in [1.807, 2.05) is 0 Å². The SMILES string of the molecule is NC(=O)[C@@H](O)[C@@H](O)[C@@H](O)[C@H](O)[C@H](O)CO. The molecule has 0 fully saturated rings. The van der Waals surface area contributed by atoms with Crippen molar-refractivity contribution in [2.45, 2.75) is 30.5 Å². The van der Waals surface area contributed by atoms with E-state index in [2.05, 4.69) is 5.73 Å². The molecule has 8 heteroatoms. The van der Waals surface area contributed by atoms with Gasteiger partial charge in [-0.1, -0.05) is 0 Å². The molecular weight excluding hydrogens is 210 g/mol. The van der Waals surface area contributed by atoms with Gasteiger partial charge in [0.05, 0.1) is 6.61 Å². The van der Waals surface area contributed by atoms with Gasteiger partial charge in [0.25, 0.3) is 0 Å². The lowest BCUT2D eigenvalue weighted by atomic mass is 9.99. The first-order chi connectivity index (χ1) is 6.82. The maximum Gasteiger partial charge on any atom is 0.249 e. The third-order valence-corrected chi connectivity index (χ3v) is 1.90. The van der Waals surface area contributed by atoms with Crippen LogP contribution in [0.25, 0.3) is 0 Å². The molecule has 0 saturated heterocycles. The lowest BCUT2D eigenvalue weighted by molar-refractivity contribution is -0.154. The van der Waals surface area contributed by atoms with Gasteiger partial charge in [-0.3, -0.25) is 4.79 Å². The van der Waals surface area contributed by atoms with Gasteiger partial charge in [-0.25, -0.2) is 0 Å². The number of rotatable bonds is 6. The molecule has 8 nitrogen and oxygen atoms in total. The Bertz CT molecular complexity index is 212. The van der Waals surface area contributed by atoms with Gasteiger partial charge in [-0.05, 0) is 0 Å². The first-order valence-electron chi connectivity index (χ1n) is 4.13. The van der Waals surface area contributed by atoms with Crippen molar-refractivity contribution in [3.8, 4) is 0 Å². The molecule has 0 aromatic carbocycles. The number of carbonyl (C=O) groups excluding carboxylic acids is 1. The topological polar surface area (TPSA) is 164 Å². The number of hydrogen-bond donors (Lipinski definition) is 7. The Hall–Kier alpha value is -0.770. The van der Waals surface area contributed by atoms with E-state index >= 15 is 0 Å².